The van der Waals surface area contributed by atoms with Gasteiger partial charge in [0.15, 0.2) is 0 Å². The number of rotatable bonds is 29. The third-order valence-corrected chi connectivity index (χ3v) is 8.25. The summed E-state index contributed by atoms with van der Waals surface area (Å²) in [6.07, 6.45) is 24.6. The summed E-state index contributed by atoms with van der Waals surface area (Å²) in [5.41, 5.74) is 0. The first-order valence-electron chi connectivity index (χ1n) is 19.8. The number of hydrogen-bond donors (Lipinski definition) is 3. The first-order valence-corrected chi connectivity index (χ1v) is 19.8. The summed E-state index contributed by atoms with van der Waals surface area (Å²) in [6, 6.07) is -0.670. The Balaban J connectivity index is 4.35. The fourth-order valence-electron chi connectivity index (χ4n) is 5.16. The zero-order valence-electron chi connectivity index (χ0n) is 32.3. The predicted octanol–water partition coefficient (Wildman–Crippen LogP) is 7.68. The van der Waals surface area contributed by atoms with Gasteiger partial charge in [0.2, 0.25) is 17.7 Å². The van der Waals surface area contributed by atoms with Crippen LogP contribution < -0.4 is 16.0 Å². The van der Waals surface area contributed by atoms with Gasteiger partial charge in [0.25, 0.3) is 0 Å². The van der Waals surface area contributed by atoms with Gasteiger partial charge in [0, 0.05) is 58.2 Å². The van der Waals surface area contributed by atoms with E-state index in [0.29, 0.717) is 51.7 Å². The molecule has 7 nitrogen and oxygen atoms in total. The average Bonchev–Trinajstić information content (AvgIpc) is 3.09. The summed E-state index contributed by atoms with van der Waals surface area (Å²) in [7, 11) is 3.88. The molecule has 0 heterocycles. The summed E-state index contributed by atoms with van der Waals surface area (Å²) in [5.74, 6) is 23.1. The minimum absolute atomic E-state index is 0.0818. The minimum atomic E-state index is -0.670. The normalized spacial score (nSPS) is 10.7. The van der Waals surface area contributed by atoms with E-state index in [1.165, 1.54) is 89.9 Å². The van der Waals surface area contributed by atoms with Crippen LogP contribution >= 0.6 is 0 Å². The molecule has 50 heavy (non-hydrogen) atoms. The van der Waals surface area contributed by atoms with Crippen molar-refractivity contribution in [2.75, 3.05) is 33.7 Å². The van der Waals surface area contributed by atoms with E-state index >= 15 is 0 Å². The molecule has 280 valence electrons. The smallest absolute Gasteiger partial charge is 0.242 e. The van der Waals surface area contributed by atoms with Gasteiger partial charge < -0.3 is 20.9 Å². The molecule has 0 aliphatic heterocycles. The molecule has 1 unspecified atom stereocenters. The van der Waals surface area contributed by atoms with Gasteiger partial charge in [-0.2, -0.15) is 0 Å². The maximum atomic E-state index is 12.8. The highest BCUT2D eigenvalue weighted by molar-refractivity contribution is 5.87. The van der Waals surface area contributed by atoms with Crippen molar-refractivity contribution in [3.63, 3.8) is 0 Å². The van der Waals surface area contributed by atoms with Crippen LogP contribution in [0.25, 0.3) is 0 Å². The molecule has 3 N–H and O–H groups in total. The summed E-state index contributed by atoms with van der Waals surface area (Å²) in [5, 5.41) is 8.65. The van der Waals surface area contributed by atoms with Gasteiger partial charge in [0.1, 0.15) is 6.04 Å². The van der Waals surface area contributed by atoms with Gasteiger partial charge in [-0.25, -0.2) is 0 Å². The Morgan fingerprint density at radius 3 is 1.44 bits per heavy atom. The van der Waals surface area contributed by atoms with Crippen molar-refractivity contribution in [1.82, 2.24) is 20.9 Å². The molecule has 0 saturated heterocycles. The van der Waals surface area contributed by atoms with Crippen LogP contribution in [0.4, 0.5) is 0 Å². The van der Waals surface area contributed by atoms with E-state index in [9.17, 15) is 14.4 Å². The van der Waals surface area contributed by atoms with Crippen molar-refractivity contribution in [3.8, 4) is 47.4 Å². The van der Waals surface area contributed by atoms with Crippen LogP contribution in [-0.2, 0) is 14.4 Å². The summed E-state index contributed by atoms with van der Waals surface area (Å²) >= 11 is 0. The lowest BCUT2D eigenvalue weighted by Gasteiger charge is -2.19. The monoisotopic (exact) mass is 691 g/mol. The Morgan fingerprint density at radius 2 is 0.960 bits per heavy atom. The van der Waals surface area contributed by atoms with Crippen molar-refractivity contribution in [2.45, 2.75) is 174 Å². The van der Waals surface area contributed by atoms with Crippen LogP contribution in [-0.4, -0.2) is 62.4 Å². The first kappa shape index (κ1) is 46.6. The number of amides is 3. The van der Waals surface area contributed by atoms with E-state index in [2.05, 4.69) is 77.2 Å². The molecule has 0 radical (unpaired) electrons. The van der Waals surface area contributed by atoms with Crippen LogP contribution in [0.3, 0.4) is 0 Å². The molecule has 0 spiro atoms. The third-order valence-electron chi connectivity index (χ3n) is 8.25. The van der Waals surface area contributed by atoms with Crippen LogP contribution in [0.15, 0.2) is 0 Å². The Labute approximate surface area is 307 Å². The van der Waals surface area contributed by atoms with Gasteiger partial charge >= 0.3 is 0 Å². The highest BCUT2D eigenvalue weighted by Gasteiger charge is 2.20. The Hall–Kier alpha value is -3.39. The Morgan fingerprint density at radius 1 is 0.520 bits per heavy atom. The molecular formula is C43H70N4O3. The van der Waals surface area contributed by atoms with Crippen LogP contribution in [0.2, 0.25) is 0 Å². The number of likely N-dealkylation sites (N-methyl/N-ethyl adjacent to an activating group) is 1. The molecule has 0 aliphatic carbocycles. The lowest BCUT2D eigenvalue weighted by Crippen LogP contribution is -2.48. The minimum Gasteiger partial charge on any atom is -0.356 e. The number of nitrogens with zero attached hydrogens (tertiary/aromatic N) is 1. The van der Waals surface area contributed by atoms with Gasteiger partial charge in [-0.05, 0) is 63.5 Å². The second-order valence-electron chi connectivity index (χ2n) is 13.4. The molecular weight excluding hydrogens is 620 g/mol. The SMILES string of the molecule is CCCCCCCCCCC#CC#CCCC(=O)NCCCC(NC(=O)CCC#CC#CCCCCCCCCCC)C(=O)NCCN(C)C. The molecule has 0 aliphatic rings. The van der Waals surface area contributed by atoms with Crippen LogP contribution in [0.1, 0.15) is 168 Å². The molecule has 3 amide bonds. The van der Waals surface area contributed by atoms with E-state index in [1.54, 1.807) is 0 Å². The lowest BCUT2D eigenvalue weighted by molar-refractivity contribution is -0.129. The molecule has 0 saturated carbocycles. The fourth-order valence-corrected chi connectivity index (χ4v) is 5.16. The maximum Gasteiger partial charge on any atom is 0.242 e. The van der Waals surface area contributed by atoms with Crippen LogP contribution in [0, 0.1) is 47.4 Å². The topological polar surface area (TPSA) is 90.5 Å². The summed E-state index contributed by atoms with van der Waals surface area (Å²) < 4.78 is 0. The second kappa shape index (κ2) is 36.9. The summed E-state index contributed by atoms with van der Waals surface area (Å²) in [6.45, 7) is 6.09. The molecule has 0 aromatic heterocycles. The highest BCUT2D eigenvalue weighted by atomic mass is 16.2. The molecule has 0 aromatic carbocycles. The van der Waals surface area contributed by atoms with Crippen molar-refractivity contribution in [2.24, 2.45) is 0 Å². The van der Waals surface area contributed by atoms with E-state index in [4.69, 9.17) is 0 Å². The van der Waals surface area contributed by atoms with Gasteiger partial charge in [-0.1, -0.05) is 127 Å². The third kappa shape index (κ3) is 34.5. The molecule has 0 fully saturated rings. The number of carbonyl (C=O) groups excluding carboxylic acids is 3. The number of hydrogen-bond acceptors (Lipinski definition) is 4. The first-order chi connectivity index (χ1) is 24.4. The van der Waals surface area contributed by atoms with Crippen molar-refractivity contribution >= 4 is 17.7 Å². The van der Waals surface area contributed by atoms with Crippen molar-refractivity contribution < 1.29 is 14.4 Å². The molecule has 0 bridgehead atoms. The van der Waals surface area contributed by atoms with Gasteiger partial charge in [-0.3, -0.25) is 14.4 Å². The molecule has 0 aromatic rings. The van der Waals surface area contributed by atoms with Crippen molar-refractivity contribution in [3.05, 3.63) is 0 Å². The fraction of sp³-hybridized carbons (Fsp3) is 0.744. The lowest BCUT2D eigenvalue weighted by atomic mass is 10.1. The number of carbonyl (C=O) groups is 3. The van der Waals surface area contributed by atoms with Crippen LogP contribution in [0.5, 0.6) is 0 Å². The quantitative estimate of drug-likeness (QED) is 0.0555. The molecule has 7 heteroatoms. The van der Waals surface area contributed by atoms with E-state index in [-0.39, 0.29) is 24.1 Å². The standard InChI is InChI=1S/C43H70N4O3/c1-5-7-9-11-13-15-17-19-21-23-25-27-29-31-35-41(48)44-37-33-34-40(43(50)45-38-39-47(3)4)46-42(49)36-32-30-28-26-24-22-20-18-16-14-12-10-8-6-2/h40H,5-22,31-39H2,1-4H3,(H,44,48)(H,45,50)(H,46,49). The predicted molar refractivity (Wildman–Crippen MR) is 210 cm³/mol. The van der Waals surface area contributed by atoms with Gasteiger partial charge in [-0.15, -0.1) is 0 Å². The maximum absolute atomic E-state index is 12.8. The van der Waals surface area contributed by atoms with E-state index in [0.717, 1.165) is 25.7 Å². The van der Waals surface area contributed by atoms with E-state index in [1.807, 2.05) is 19.0 Å². The van der Waals surface area contributed by atoms with Gasteiger partial charge in [0.05, 0.1) is 0 Å². The number of unbranched alkanes of at least 4 members (excludes halogenated alkanes) is 16. The zero-order valence-corrected chi connectivity index (χ0v) is 32.3. The summed E-state index contributed by atoms with van der Waals surface area (Å²) in [4.78, 5) is 39.7. The Bertz CT molecular complexity index is 1130. The molecule has 0 rings (SSSR count). The van der Waals surface area contributed by atoms with E-state index < -0.39 is 6.04 Å². The number of nitrogens with one attached hydrogen (secondary N) is 3. The zero-order chi connectivity index (χ0) is 36.8. The second-order valence-corrected chi connectivity index (χ2v) is 13.4. The molecule has 1 atom stereocenters. The van der Waals surface area contributed by atoms with Crippen molar-refractivity contribution in [1.29, 1.82) is 0 Å². The Kier molecular flexibility index (Phi) is 34.4. The average molecular weight is 691 g/mol. The largest absolute Gasteiger partial charge is 0.356 e. The highest BCUT2D eigenvalue weighted by Crippen LogP contribution is 2.10.